The second-order valence-corrected chi connectivity index (χ2v) is 12.6. The zero-order chi connectivity index (χ0) is 30.1. The molecule has 0 bridgehead atoms. The number of primary amides is 1. The van der Waals surface area contributed by atoms with E-state index in [1.54, 1.807) is 6.92 Å². The molecule has 0 spiro atoms. The monoisotopic (exact) mass is 630 g/mol. The number of rotatable bonds is 9. The molecule has 14 nitrogen and oxygen atoms in total. The SMILES string of the molecule is Cc1nnc(SCC2=C(C(=O)O)N3C(=O)[C@H](NC(=O)C(c4cccc(O)c4)N(C(N)=O)C(=O)c4ccoc4)[C@@H]3SC2)s1. The third-order valence-corrected chi connectivity index (χ3v) is 9.74. The lowest BCUT2D eigenvalue weighted by Gasteiger charge is -2.49. The molecule has 1 saturated heterocycles. The summed E-state index contributed by atoms with van der Waals surface area (Å²) in [6.45, 7) is 1.80. The first-order valence-corrected chi connectivity index (χ1v) is 15.0. The van der Waals surface area contributed by atoms with Gasteiger partial charge < -0.3 is 25.7 Å². The number of nitrogens with two attached hydrogens (primary N) is 1. The van der Waals surface area contributed by atoms with Crippen LogP contribution in [0.3, 0.4) is 0 Å². The van der Waals surface area contributed by atoms with Crippen molar-refractivity contribution in [3.63, 3.8) is 0 Å². The van der Waals surface area contributed by atoms with Gasteiger partial charge in [-0.2, -0.15) is 0 Å². The zero-order valence-corrected chi connectivity index (χ0v) is 24.1. The van der Waals surface area contributed by atoms with Gasteiger partial charge in [0.2, 0.25) is 5.91 Å². The number of furan rings is 1. The molecule has 0 saturated carbocycles. The number of carbonyl (C=O) groups excluding carboxylic acids is 4. The average Bonchev–Trinajstić information content (AvgIpc) is 3.64. The minimum absolute atomic E-state index is 0.0421. The molecular weight excluding hydrogens is 609 g/mol. The first kappa shape index (κ1) is 29.2. The van der Waals surface area contributed by atoms with Gasteiger partial charge in [-0.25, -0.2) is 14.5 Å². The highest BCUT2D eigenvalue weighted by atomic mass is 32.2. The number of amides is 5. The van der Waals surface area contributed by atoms with E-state index >= 15 is 0 Å². The minimum Gasteiger partial charge on any atom is -0.508 e. The van der Waals surface area contributed by atoms with Crippen LogP contribution in [-0.4, -0.2) is 82.9 Å². The summed E-state index contributed by atoms with van der Waals surface area (Å²) in [5.41, 5.74) is 5.87. The van der Waals surface area contributed by atoms with Crippen molar-refractivity contribution < 1.29 is 38.6 Å². The third kappa shape index (κ3) is 5.57. The van der Waals surface area contributed by atoms with Crippen molar-refractivity contribution in [1.82, 2.24) is 25.3 Å². The number of imide groups is 1. The van der Waals surface area contributed by atoms with Crippen LogP contribution in [0.4, 0.5) is 4.79 Å². The molecule has 0 radical (unpaired) electrons. The Kier molecular flexibility index (Phi) is 8.24. The third-order valence-electron chi connectivity index (χ3n) is 6.34. The molecule has 3 aromatic rings. The molecule has 1 aromatic carbocycles. The lowest BCUT2D eigenvalue weighted by molar-refractivity contribution is -0.151. The van der Waals surface area contributed by atoms with Crippen LogP contribution in [0.15, 0.2) is 62.9 Å². The summed E-state index contributed by atoms with van der Waals surface area (Å²) in [4.78, 5) is 66.5. The Morgan fingerprint density at radius 2 is 2.07 bits per heavy atom. The predicted octanol–water partition coefficient (Wildman–Crippen LogP) is 1.94. The maximum atomic E-state index is 13.7. The molecule has 2 aromatic heterocycles. The molecule has 5 N–H and O–H groups in total. The fraction of sp³-hybridized carbons (Fsp3) is 0.240. The highest BCUT2D eigenvalue weighted by Crippen LogP contribution is 2.42. The van der Waals surface area contributed by atoms with Crippen LogP contribution < -0.4 is 11.1 Å². The number of aliphatic carboxylic acids is 1. The lowest BCUT2D eigenvalue weighted by Crippen LogP contribution is -2.71. The number of fused-ring (bicyclic) bond motifs is 1. The Balaban J connectivity index is 1.40. The van der Waals surface area contributed by atoms with Crippen molar-refractivity contribution in [3.05, 3.63) is 70.3 Å². The number of carbonyl (C=O) groups is 5. The molecule has 17 heteroatoms. The summed E-state index contributed by atoms with van der Waals surface area (Å²) in [5.74, 6) is -3.54. The van der Waals surface area contributed by atoms with Crippen LogP contribution in [0.1, 0.15) is 27.0 Å². The number of carboxylic acid groups (broad SMARTS) is 1. The average molecular weight is 631 g/mol. The van der Waals surface area contributed by atoms with Gasteiger partial charge in [0, 0.05) is 11.5 Å². The summed E-state index contributed by atoms with van der Waals surface area (Å²) < 4.78 is 5.59. The van der Waals surface area contributed by atoms with E-state index in [2.05, 4.69) is 15.5 Å². The fourth-order valence-electron chi connectivity index (χ4n) is 4.49. The van der Waals surface area contributed by atoms with Gasteiger partial charge in [0.1, 0.15) is 40.2 Å². The Morgan fingerprint density at radius 3 is 2.69 bits per heavy atom. The molecule has 218 valence electrons. The smallest absolute Gasteiger partial charge is 0.352 e. The van der Waals surface area contributed by atoms with Crippen LogP contribution in [0.2, 0.25) is 0 Å². The molecule has 3 atom stereocenters. The number of aromatic nitrogens is 2. The topological polar surface area (TPSA) is 209 Å². The molecule has 5 amide bonds. The number of β-lactam (4-membered cyclic amide) rings is 1. The first-order valence-electron chi connectivity index (χ1n) is 12.1. The maximum Gasteiger partial charge on any atom is 0.352 e. The van der Waals surface area contributed by atoms with Gasteiger partial charge in [0.05, 0.1) is 11.8 Å². The van der Waals surface area contributed by atoms with E-state index in [1.165, 1.54) is 71.5 Å². The number of aromatic hydroxyl groups is 1. The van der Waals surface area contributed by atoms with Crippen molar-refractivity contribution >= 4 is 64.6 Å². The normalized spacial score (nSPS) is 18.6. The highest BCUT2D eigenvalue weighted by Gasteiger charge is 2.55. The zero-order valence-electron chi connectivity index (χ0n) is 21.6. The van der Waals surface area contributed by atoms with Gasteiger partial charge in [-0.3, -0.25) is 19.3 Å². The Bertz CT molecular complexity index is 1610. The number of phenols is 1. The number of hydrogen-bond donors (Lipinski definition) is 4. The van der Waals surface area contributed by atoms with Gasteiger partial charge in [-0.05, 0) is 36.3 Å². The number of phenolic OH excluding ortho intramolecular Hbond substituents is 1. The number of hydrogen-bond acceptors (Lipinski definition) is 12. The van der Waals surface area contributed by atoms with E-state index in [4.69, 9.17) is 10.2 Å². The summed E-state index contributed by atoms with van der Waals surface area (Å²) >= 11 is 3.95. The van der Waals surface area contributed by atoms with Gasteiger partial charge in [-0.1, -0.05) is 35.2 Å². The standard InChI is InChI=1S/C25H22N6O8S3/c1-11-28-29-25(42-11)41-10-14-9-40-22-16(21(35)30(22)18(14)23(36)37)27-19(33)17(12-3-2-4-15(32)7-12)31(24(26)38)20(34)13-5-6-39-8-13/h2-8,16-17,22,32H,9-10H2,1H3,(H2,26,38)(H,27,33)(H,36,37)/t16-,17?,22-/m0/s1. The van der Waals surface area contributed by atoms with Crippen molar-refractivity contribution in [3.8, 4) is 5.75 Å². The molecule has 1 unspecified atom stereocenters. The Labute approximate surface area is 249 Å². The van der Waals surface area contributed by atoms with Crippen molar-refractivity contribution in [2.45, 2.75) is 28.7 Å². The summed E-state index contributed by atoms with van der Waals surface area (Å²) in [6.07, 6.45) is 2.27. The molecule has 5 rings (SSSR count). The van der Waals surface area contributed by atoms with Crippen LogP contribution >= 0.6 is 34.9 Å². The summed E-state index contributed by atoms with van der Waals surface area (Å²) in [5, 5.41) is 30.6. The first-order chi connectivity index (χ1) is 20.1. The maximum absolute atomic E-state index is 13.7. The second-order valence-electron chi connectivity index (χ2n) is 9.05. The number of nitrogens with one attached hydrogen (secondary N) is 1. The van der Waals surface area contributed by atoms with Crippen molar-refractivity contribution in [2.24, 2.45) is 5.73 Å². The van der Waals surface area contributed by atoms with Crippen LogP contribution in [-0.2, 0) is 14.4 Å². The van der Waals surface area contributed by atoms with E-state index < -0.39 is 47.2 Å². The molecule has 2 aliphatic heterocycles. The number of thioether (sulfide) groups is 2. The van der Waals surface area contributed by atoms with Crippen LogP contribution in [0.25, 0.3) is 0 Å². The number of aryl methyl sites for hydroxylation is 1. The van der Waals surface area contributed by atoms with E-state index in [0.717, 1.165) is 16.2 Å². The van der Waals surface area contributed by atoms with E-state index in [0.29, 0.717) is 14.8 Å². The van der Waals surface area contributed by atoms with Gasteiger partial charge in [0.25, 0.3) is 11.8 Å². The van der Waals surface area contributed by atoms with Gasteiger partial charge >= 0.3 is 12.0 Å². The van der Waals surface area contributed by atoms with Crippen LogP contribution in [0, 0.1) is 6.92 Å². The number of benzene rings is 1. The summed E-state index contributed by atoms with van der Waals surface area (Å²) in [6, 6.07) is 2.51. The van der Waals surface area contributed by atoms with E-state index in [-0.39, 0.29) is 34.1 Å². The summed E-state index contributed by atoms with van der Waals surface area (Å²) in [7, 11) is 0. The second kappa shape index (κ2) is 11.9. The molecule has 1 fully saturated rings. The van der Waals surface area contributed by atoms with Gasteiger partial charge in [0.15, 0.2) is 4.34 Å². The predicted molar refractivity (Wildman–Crippen MR) is 150 cm³/mol. The van der Waals surface area contributed by atoms with Crippen LogP contribution in [0.5, 0.6) is 5.75 Å². The minimum atomic E-state index is -1.68. The van der Waals surface area contributed by atoms with Crippen molar-refractivity contribution in [2.75, 3.05) is 11.5 Å². The highest BCUT2D eigenvalue weighted by molar-refractivity contribution is 8.01. The Hall–Kier alpha value is -4.35. The molecule has 4 heterocycles. The molecule has 2 aliphatic rings. The number of urea groups is 1. The van der Waals surface area contributed by atoms with E-state index in [1.807, 2.05) is 0 Å². The fourth-order valence-corrected chi connectivity index (χ4v) is 7.80. The number of carboxylic acids is 1. The van der Waals surface area contributed by atoms with Crippen molar-refractivity contribution in [1.29, 1.82) is 0 Å². The Morgan fingerprint density at radius 1 is 1.29 bits per heavy atom. The lowest BCUT2D eigenvalue weighted by atomic mass is 9.99. The quantitative estimate of drug-likeness (QED) is 0.197. The largest absolute Gasteiger partial charge is 0.508 e. The molecule has 0 aliphatic carbocycles. The van der Waals surface area contributed by atoms with E-state index in [9.17, 15) is 34.2 Å². The molecule has 42 heavy (non-hydrogen) atoms. The molecular formula is C25H22N6O8S3. The number of nitrogens with zero attached hydrogens (tertiary/aromatic N) is 4. The van der Waals surface area contributed by atoms with Gasteiger partial charge in [-0.15, -0.1) is 22.0 Å².